The van der Waals surface area contributed by atoms with E-state index in [2.05, 4.69) is 36.2 Å². The maximum absolute atomic E-state index is 14.0. The molecule has 0 saturated carbocycles. The number of nitrogens with zero attached hydrogens (tertiary/aromatic N) is 1. The highest BCUT2D eigenvalue weighted by atomic mass is 32.3. The highest BCUT2D eigenvalue weighted by Crippen LogP contribution is 2.34. The van der Waals surface area contributed by atoms with E-state index in [9.17, 15) is 17.1 Å². The number of fused-ring (bicyclic) bond motifs is 4. The molecule has 0 spiro atoms. The number of aromatic nitrogens is 2. The fourth-order valence-corrected chi connectivity index (χ4v) is 5.75. The Kier molecular flexibility index (Phi) is 6.62. The predicted octanol–water partition coefficient (Wildman–Crippen LogP) is 6.94. The van der Waals surface area contributed by atoms with Gasteiger partial charge in [-0.2, -0.15) is 8.42 Å². The Labute approximate surface area is 221 Å². The van der Waals surface area contributed by atoms with Gasteiger partial charge in [0.15, 0.2) is 5.43 Å². The average molecular weight is 529 g/mol. The number of hydrogen-bond donors (Lipinski definition) is 1. The molecule has 0 aliphatic heterocycles. The van der Waals surface area contributed by atoms with Crippen LogP contribution in [0.25, 0.3) is 44.0 Å². The van der Waals surface area contributed by atoms with E-state index < -0.39 is 10.2 Å². The third kappa shape index (κ3) is 4.50. The number of aromatic amines is 1. The van der Waals surface area contributed by atoms with Gasteiger partial charge in [0.05, 0.1) is 15.8 Å². The van der Waals surface area contributed by atoms with Gasteiger partial charge in [-0.1, -0.05) is 51.3 Å². The fourth-order valence-electron chi connectivity index (χ4n) is 5.24. The molecule has 0 atom stereocenters. The lowest BCUT2D eigenvalue weighted by Crippen LogP contribution is -2.12. The molecular weight excluding hydrogens is 499 g/mol. The topological polar surface area (TPSA) is 71.9 Å². The molecule has 0 saturated heterocycles. The molecule has 5 rings (SSSR count). The summed E-state index contributed by atoms with van der Waals surface area (Å²) in [5.41, 5.74) is 5.21. The van der Waals surface area contributed by atoms with Crippen molar-refractivity contribution >= 4 is 43.1 Å². The Morgan fingerprint density at radius 1 is 1.08 bits per heavy atom. The minimum atomic E-state index is -4.86. The Morgan fingerprint density at radius 3 is 2.55 bits per heavy atom. The number of terminal acetylenes is 1. The standard InChI is InChI=1S/C31H29FN2O3S/c1-5-7-13-34-28-18-25(21-9-8-10-23(16-21)38(32,36)37)22(14-19(3)4)17-26(28)30(35)29-24-12-11-20(6-2)15-27(24)33-31(29)34/h2,8-12,15-19,33H,5,7,13-14H2,1,3-4H3. The fraction of sp³-hybridized carbons (Fsp3) is 0.258. The van der Waals surface area contributed by atoms with E-state index in [0.29, 0.717) is 29.3 Å². The molecule has 7 heteroatoms. The molecule has 0 unspecified atom stereocenters. The van der Waals surface area contributed by atoms with Gasteiger partial charge >= 0.3 is 10.2 Å². The van der Waals surface area contributed by atoms with Crippen LogP contribution in [0.3, 0.4) is 0 Å². The van der Waals surface area contributed by atoms with E-state index in [0.717, 1.165) is 51.6 Å². The number of pyridine rings is 1. The Morgan fingerprint density at radius 2 is 1.87 bits per heavy atom. The minimum Gasteiger partial charge on any atom is -0.340 e. The highest BCUT2D eigenvalue weighted by molar-refractivity contribution is 7.86. The molecular formula is C31H29FN2O3S. The second kappa shape index (κ2) is 9.77. The maximum atomic E-state index is 14.0. The molecule has 38 heavy (non-hydrogen) atoms. The first-order chi connectivity index (χ1) is 18.1. The van der Waals surface area contributed by atoms with Crippen LogP contribution < -0.4 is 5.43 Å². The van der Waals surface area contributed by atoms with E-state index in [-0.39, 0.29) is 16.2 Å². The molecule has 5 nitrogen and oxygen atoms in total. The smallest absolute Gasteiger partial charge is 0.332 e. The van der Waals surface area contributed by atoms with Crippen molar-refractivity contribution in [2.24, 2.45) is 5.92 Å². The second-order valence-electron chi connectivity index (χ2n) is 10.2. The van der Waals surface area contributed by atoms with E-state index in [1.807, 2.05) is 30.3 Å². The summed E-state index contributed by atoms with van der Waals surface area (Å²) in [4.78, 5) is 17.1. The predicted molar refractivity (Wildman–Crippen MR) is 153 cm³/mol. The SMILES string of the molecule is C#Cc1ccc2c(c1)[nH]c1c2c(=O)c2cc(CC(C)C)c(-c3cccc(S(=O)(=O)F)c3)cc2n1CCCC. The molecule has 0 amide bonds. The van der Waals surface area contributed by atoms with Crippen LogP contribution in [0.1, 0.15) is 44.7 Å². The molecule has 0 aliphatic carbocycles. The van der Waals surface area contributed by atoms with Crippen LogP contribution in [0.4, 0.5) is 3.89 Å². The number of aryl methyl sites for hydroxylation is 1. The van der Waals surface area contributed by atoms with E-state index in [4.69, 9.17) is 6.42 Å². The molecule has 0 aliphatic rings. The minimum absolute atomic E-state index is 0.0703. The zero-order valence-corrected chi connectivity index (χ0v) is 22.5. The van der Waals surface area contributed by atoms with Crippen LogP contribution in [0, 0.1) is 18.3 Å². The molecule has 194 valence electrons. The molecule has 0 radical (unpaired) electrons. The molecule has 0 bridgehead atoms. The highest BCUT2D eigenvalue weighted by Gasteiger charge is 2.20. The lowest BCUT2D eigenvalue weighted by molar-refractivity contribution is 0.552. The van der Waals surface area contributed by atoms with Crippen molar-refractivity contribution in [2.45, 2.75) is 51.5 Å². The summed E-state index contributed by atoms with van der Waals surface area (Å²) in [7, 11) is -4.86. The van der Waals surface area contributed by atoms with Gasteiger partial charge in [0.25, 0.3) is 0 Å². The van der Waals surface area contributed by atoms with Gasteiger partial charge in [-0.15, -0.1) is 10.3 Å². The second-order valence-corrected chi connectivity index (χ2v) is 11.5. The first kappa shape index (κ1) is 25.7. The maximum Gasteiger partial charge on any atom is 0.332 e. The van der Waals surface area contributed by atoms with Gasteiger partial charge in [-0.05, 0) is 71.8 Å². The Bertz CT molecular complexity index is 1930. The van der Waals surface area contributed by atoms with E-state index in [1.54, 1.807) is 12.1 Å². The lowest BCUT2D eigenvalue weighted by Gasteiger charge is -2.18. The normalized spacial score (nSPS) is 12.1. The third-order valence-corrected chi connectivity index (χ3v) is 7.81. The number of hydrogen-bond acceptors (Lipinski definition) is 3. The average Bonchev–Trinajstić information content (AvgIpc) is 3.26. The molecule has 2 aromatic heterocycles. The van der Waals surface area contributed by atoms with Gasteiger partial charge < -0.3 is 9.55 Å². The number of unbranched alkanes of at least 4 members (excludes halogenated alkanes) is 1. The molecule has 2 heterocycles. The largest absolute Gasteiger partial charge is 0.340 e. The number of H-pyrrole nitrogens is 1. The van der Waals surface area contributed by atoms with Crippen LogP contribution in [-0.2, 0) is 23.2 Å². The summed E-state index contributed by atoms with van der Waals surface area (Å²) >= 11 is 0. The van der Waals surface area contributed by atoms with E-state index >= 15 is 0 Å². The Hall–Kier alpha value is -3.89. The summed E-state index contributed by atoms with van der Waals surface area (Å²) in [6, 6.07) is 15.4. The van der Waals surface area contributed by atoms with Crippen molar-refractivity contribution in [3.63, 3.8) is 0 Å². The van der Waals surface area contributed by atoms with Gasteiger partial charge in [-0.3, -0.25) is 4.79 Å². The van der Waals surface area contributed by atoms with Gasteiger partial charge in [0.2, 0.25) is 0 Å². The van der Waals surface area contributed by atoms with Crippen LogP contribution in [0.5, 0.6) is 0 Å². The Balaban J connectivity index is 1.91. The van der Waals surface area contributed by atoms with Crippen molar-refractivity contribution in [1.82, 2.24) is 9.55 Å². The third-order valence-electron chi connectivity index (χ3n) is 6.99. The van der Waals surface area contributed by atoms with Crippen molar-refractivity contribution < 1.29 is 12.3 Å². The number of nitrogens with one attached hydrogen (secondary N) is 1. The molecule has 0 fully saturated rings. The summed E-state index contributed by atoms with van der Waals surface area (Å²) in [6.07, 6.45) is 8.15. The number of halogens is 1. The van der Waals surface area contributed by atoms with Crippen LogP contribution in [-0.4, -0.2) is 18.0 Å². The van der Waals surface area contributed by atoms with Crippen LogP contribution in [0.2, 0.25) is 0 Å². The van der Waals surface area contributed by atoms with Crippen molar-refractivity contribution in [3.05, 3.63) is 75.9 Å². The summed E-state index contributed by atoms with van der Waals surface area (Å²) in [5.74, 6) is 2.93. The summed E-state index contributed by atoms with van der Waals surface area (Å²) in [6.45, 7) is 6.96. The summed E-state index contributed by atoms with van der Waals surface area (Å²) in [5, 5.41) is 2.05. The van der Waals surface area contributed by atoms with E-state index in [1.165, 1.54) is 12.1 Å². The molecule has 5 aromatic rings. The van der Waals surface area contributed by atoms with Crippen LogP contribution in [0.15, 0.2) is 64.3 Å². The van der Waals surface area contributed by atoms with Crippen LogP contribution >= 0.6 is 0 Å². The van der Waals surface area contributed by atoms with Gasteiger partial charge in [-0.25, -0.2) is 0 Å². The zero-order chi connectivity index (χ0) is 27.2. The zero-order valence-electron chi connectivity index (χ0n) is 21.6. The van der Waals surface area contributed by atoms with Gasteiger partial charge in [0.1, 0.15) is 5.65 Å². The molecule has 3 aromatic carbocycles. The monoisotopic (exact) mass is 528 g/mol. The molecule has 1 N–H and O–H groups in total. The van der Waals surface area contributed by atoms with Gasteiger partial charge in [0, 0.05) is 28.4 Å². The number of rotatable bonds is 7. The van der Waals surface area contributed by atoms with Crippen molar-refractivity contribution in [2.75, 3.05) is 0 Å². The van der Waals surface area contributed by atoms with Crippen molar-refractivity contribution in [3.8, 4) is 23.5 Å². The first-order valence-corrected chi connectivity index (χ1v) is 14.2. The first-order valence-electron chi connectivity index (χ1n) is 12.8. The lowest BCUT2D eigenvalue weighted by atomic mass is 9.91. The number of benzene rings is 3. The summed E-state index contributed by atoms with van der Waals surface area (Å²) < 4.78 is 39.3. The quantitative estimate of drug-likeness (QED) is 0.184. The van der Waals surface area contributed by atoms with Crippen molar-refractivity contribution in [1.29, 1.82) is 0 Å².